The molecule has 0 aliphatic rings. The number of anilines is 1. The van der Waals surface area contributed by atoms with Crippen LogP contribution in [-0.4, -0.2) is 28.1 Å². The minimum Gasteiger partial charge on any atom is -0.492 e. The Hall–Kier alpha value is -2.21. The average Bonchev–Trinajstić information content (AvgIpc) is 2.45. The summed E-state index contributed by atoms with van der Waals surface area (Å²) in [6.45, 7) is 1.10. The maximum atomic E-state index is 5.57. The summed E-state index contributed by atoms with van der Waals surface area (Å²) >= 11 is 4.91. The van der Waals surface area contributed by atoms with E-state index in [9.17, 15) is 0 Å². The van der Waals surface area contributed by atoms with Crippen LogP contribution in [0.1, 0.15) is 5.69 Å². The SMILES string of the molecule is NC(=S)c1nccnc1NCCOc1ccccc1. The fraction of sp³-hybridized carbons (Fsp3) is 0.154. The number of hydrogen-bond acceptors (Lipinski definition) is 5. The van der Waals surface area contributed by atoms with E-state index < -0.39 is 0 Å². The highest BCUT2D eigenvalue weighted by Crippen LogP contribution is 2.09. The first-order valence-electron chi connectivity index (χ1n) is 5.80. The zero-order valence-electron chi connectivity index (χ0n) is 10.2. The molecule has 3 N–H and O–H groups in total. The Morgan fingerprint density at radius 2 is 1.95 bits per heavy atom. The minimum absolute atomic E-state index is 0.222. The van der Waals surface area contributed by atoms with Crippen molar-refractivity contribution in [3.8, 4) is 5.75 Å². The molecule has 1 heterocycles. The number of aromatic nitrogens is 2. The summed E-state index contributed by atoms with van der Waals surface area (Å²) in [7, 11) is 0. The second-order valence-corrected chi connectivity index (χ2v) is 4.15. The predicted molar refractivity (Wildman–Crippen MR) is 78.3 cm³/mol. The molecule has 98 valence electrons. The smallest absolute Gasteiger partial charge is 0.155 e. The lowest BCUT2D eigenvalue weighted by Crippen LogP contribution is -2.19. The van der Waals surface area contributed by atoms with Crippen LogP contribution >= 0.6 is 12.2 Å². The van der Waals surface area contributed by atoms with Crippen molar-refractivity contribution >= 4 is 23.0 Å². The molecule has 0 bridgehead atoms. The van der Waals surface area contributed by atoms with Gasteiger partial charge in [0, 0.05) is 12.4 Å². The molecule has 0 saturated heterocycles. The molecule has 2 aromatic rings. The van der Waals surface area contributed by atoms with Crippen LogP contribution in [0.25, 0.3) is 0 Å². The second-order valence-electron chi connectivity index (χ2n) is 3.71. The monoisotopic (exact) mass is 274 g/mol. The van der Waals surface area contributed by atoms with Gasteiger partial charge in [-0.2, -0.15) is 0 Å². The van der Waals surface area contributed by atoms with Gasteiger partial charge in [0.25, 0.3) is 0 Å². The number of benzene rings is 1. The Kier molecular flexibility index (Phi) is 4.63. The van der Waals surface area contributed by atoms with Crippen LogP contribution in [0.4, 0.5) is 5.82 Å². The molecule has 19 heavy (non-hydrogen) atoms. The van der Waals surface area contributed by atoms with Crippen molar-refractivity contribution in [1.82, 2.24) is 9.97 Å². The maximum Gasteiger partial charge on any atom is 0.155 e. The van der Waals surface area contributed by atoms with Crippen molar-refractivity contribution in [2.75, 3.05) is 18.5 Å². The molecule has 0 amide bonds. The summed E-state index contributed by atoms with van der Waals surface area (Å²) in [5.41, 5.74) is 6.06. The Balaban J connectivity index is 1.85. The van der Waals surface area contributed by atoms with E-state index in [0.29, 0.717) is 24.7 Å². The minimum atomic E-state index is 0.222. The Bertz CT molecular complexity index is 547. The van der Waals surface area contributed by atoms with E-state index in [4.69, 9.17) is 22.7 Å². The van der Waals surface area contributed by atoms with E-state index in [0.717, 1.165) is 5.75 Å². The van der Waals surface area contributed by atoms with Crippen molar-refractivity contribution in [3.05, 3.63) is 48.4 Å². The van der Waals surface area contributed by atoms with Gasteiger partial charge in [-0.25, -0.2) is 9.97 Å². The van der Waals surface area contributed by atoms with Crippen LogP contribution in [0.5, 0.6) is 5.75 Å². The summed E-state index contributed by atoms with van der Waals surface area (Å²) in [6, 6.07) is 9.61. The van der Waals surface area contributed by atoms with Crippen LogP contribution in [0.15, 0.2) is 42.7 Å². The van der Waals surface area contributed by atoms with E-state index in [-0.39, 0.29) is 4.99 Å². The van der Waals surface area contributed by atoms with Gasteiger partial charge >= 0.3 is 0 Å². The molecule has 0 radical (unpaired) electrons. The largest absolute Gasteiger partial charge is 0.492 e. The van der Waals surface area contributed by atoms with Gasteiger partial charge in [0.15, 0.2) is 5.82 Å². The highest BCUT2D eigenvalue weighted by Gasteiger charge is 2.06. The van der Waals surface area contributed by atoms with Gasteiger partial charge in [-0.15, -0.1) is 0 Å². The topological polar surface area (TPSA) is 73.1 Å². The number of nitrogens with one attached hydrogen (secondary N) is 1. The van der Waals surface area contributed by atoms with Crippen molar-refractivity contribution in [2.24, 2.45) is 5.73 Å². The van der Waals surface area contributed by atoms with Crippen LogP contribution in [0.2, 0.25) is 0 Å². The molecule has 2 rings (SSSR count). The zero-order valence-corrected chi connectivity index (χ0v) is 11.1. The summed E-state index contributed by atoms with van der Waals surface area (Å²) in [5, 5.41) is 3.10. The van der Waals surface area contributed by atoms with Gasteiger partial charge in [0.05, 0.1) is 6.54 Å². The lowest BCUT2D eigenvalue weighted by atomic mass is 10.3. The van der Waals surface area contributed by atoms with Crippen LogP contribution in [-0.2, 0) is 0 Å². The van der Waals surface area contributed by atoms with E-state index in [1.165, 1.54) is 0 Å². The normalized spacial score (nSPS) is 9.89. The van der Waals surface area contributed by atoms with E-state index >= 15 is 0 Å². The van der Waals surface area contributed by atoms with Crippen LogP contribution < -0.4 is 15.8 Å². The number of thiocarbonyl (C=S) groups is 1. The lowest BCUT2D eigenvalue weighted by molar-refractivity contribution is 0.332. The molecule has 0 saturated carbocycles. The van der Waals surface area contributed by atoms with Gasteiger partial charge in [0.2, 0.25) is 0 Å². The Morgan fingerprint density at radius 3 is 2.68 bits per heavy atom. The third kappa shape index (κ3) is 3.89. The van der Waals surface area contributed by atoms with Gasteiger partial charge in [-0.05, 0) is 12.1 Å². The van der Waals surface area contributed by atoms with Crippen molar-refractivity contribution in [1.29, 1.82) is 0 Å². The molecule has 1 aromatic heterocycles. The first-order valence-corrected chi connectivity index (χ1v) is 6.21. The Morgan fingerprint density at radius 1 is 1.21 bits per heavy atom. The molecule has 0 unspecified atom stereocenters. The summed E-state index contributed by atoms with van der Waals surface area (Å²) in [4.78, 5) is 8.45. The lowest BCUT2D eigenvalue weighted by Gasteiger charge is -2.09. The molecular formula is C13H14N4OS. The first-order chi connectivity index (χ1) is 9.27. The van der Waals surface area contributed by atoms with Gasteiger partial charge in [0.1, 0.15) is 23.0 Å². The number of hydrogen-bond donors (Lipinski definition) is 2. The molecule has 0 aliphatic carbocycles. The highest BCUT2D eigenvalue weighted by atomic mass is 32.1. The Labute approximate surface area is 116 Å². The number of rotatable bonds is 6. The van der Waals surface area contributed by atoms with Gasteiger partial charge in [-0.3, -0.25) is 0 Å². The third-order valence-electron chi connectivity index (χ3n) is 2.34. The summed E-state index contributed by atoms with van der Waals surface area (Å²) < 4.78 is 5.55. The molecule has 1 aromatic carbocycles. The average molecular weight is 274 g/mol. The highest BCUT2D eigenvalue weighted by molar-refractivity contribution is 7.80. The molecule has 0 spiro atoms. The summed E-state index contributed by atoms with van der Waals surface area (Å²) in [6.07, 6.45) is 3.14. The number of nitrogens with zero attached hydrogens (tertiary/aromatic N) is 2. The zero-order chi connectivity index (χ0) is 13.5. The van der Waals surface area contributed by atoms with E-state index in [1.54, 1.807) is 12.4 Å². The second kappa shape index (κ2) is 6.65. The molecular weight excluding hydrogens is 260 g/mol. The first kappa shape index (κ1) is 13.2. The molecule has 5 nitrogen and oxygen atoms in total. The van der Waals surface area contributed by atoms with Crippen molar-refractivity contribution in [3.63, 3.8) is 0 Å². The quantitative estimate of drug-likeness (QED) is 0.616. The third-order valence-corrected chi connectivity index (χ3v) is 2.53. The number of para-hydroxylation sites is 1. The molecule has 6 heteroatoms. The number of ether oxygens (including phenoxy) is 1. The maximum absolute atomic E-state index is 5.57. The standard InChI is InChI=1S/C13H14N4OS/c14-12(19)11-13(16-7-6-15-11)17-8-9-18-10-4-2-1-3-5-10/h1-7H,8-9H2,(H2,14,19)(H,16,17). The van der Waals surface area contributed by atoms with E-state index in [2.05, 4.69) is 15.3 Å². The summed E-state index contributed by atoms with van der Waals surface area (Å²) in [5.74, 6) is 1.41. The fourth-order valence-corrected chi connectivity index (χ4v) is 1.65. The van der Waals surface area contributed by atoms with Crippen molar-refractivity contribution < 1.29 is 4.74 Å². The molecule has 0 atom stereocenters. The fourth-order valence-electron chi connectivity index (χ4n) is 1.50. The van der Waals surface area contributed by atoms with Gasteiger partial charge < -0.3 is 15.8 Å². The van der Waals surface area contributed by atoms with Crippen LogP contribution in [0, 0.1) is 0 Å². The molecule has 0 fully saturated rings. The van der Waals surface area contributed by atoms with Crippen LogP contribution in [0.3, 0.4) is 0 Å². The van der Waals surface area contributed by atoms with E-state index in [1.807, 2.05) is 30.3 Å². The molecule has 0 aliphatic heterocycles. The number of nitrogens with two attached hydrogens (primary N) is 1. The predicted octanol–water partition coefficient (Wildman–Crippen LogP) is 1.60. The van der Waals surface area contributed by atoms with Gasteiger partial charge in [-0.1, -0.05) is 30.4 Å². The van der Waals surface area contributed by atoms with Crippen molar-refractivity contribution in [2.45, 2.75) is 0 Å².